The Hall–Kier alpha value is -4.15. The number of ether oxygens (including phenoxy) is 1. The van der Waals surface area contributed by atoms with Crippen molar-refractivity contribution in [3.8, 4) is 5.75 Å². The summed E-state index contributed by atoms with van der Waals surface area (Å²) in [6.45, 7) is 1.57. The number of aliphatic hydroxyl groups excluding tert-OH is 1. The summed E-state index contributed by atoms with van der Waals surface area (Å²) in [7, 11) is -2.31. The molecular weight excluding hydrogens is 502 g/mol. The van der Waals surface area contributed by atoms with Crippen molar-refractivity contribution in [2.45, 2.75) is 23.8 Å². The second-order valence-electron chi connectivity index (χ2n) is 9.30. The molecule has 38 heavy (non-hydrogen) atoms. The number of anilines is 3. The van der Waals surface area contributed by atoms with Crippen LogP contribution in [0.5, 0.6) is 5.75 Å². The summed E-state index contributed by atoms with van der Waals surface area (Å²) < 4.78 is 34.4. The molecule has 1 fully saturated rings. The van der Waals surface area contributed by atoms with Crippen LogP contribution in [-0.4, -0.2) is 53.8 Å². The Labute approximate surface area is 220 Å². The summed E-state index contributed by atoms with van der Waals surface area (Å²) >= 11 is 0. The highest BCUT2D eigenvalue weighted by molar-refractivity contribution is 7.90. The molecule has 9 nitrogen and oxygen atoms in total. The van der Waals surface area contributed by atoms with E-state index in [1.165, 1.54) is 10.2 Å². The number of benzene rings is 2. The van der Waals surface area contributed by atoms with Gasteiger partial charge in [-0.2, -0.15) is 0 Å². The Morgan fingerprint density at radius 1 is 1.00 bits per heavy atom. The van der Waals surface area contributed by atoms with Crippen molar-refractivity contribution >= 4 is 49.0 Å². The molecule has 1 saturated heterocycles. The lowest BCUT2D eigenvalue weighted by Gasteiger charge is -2.31. The molecule has 10 heteroatoms. The van der Waals surface area contributed by atoms with Gasteiger partial charge in [0.05, 0.1) is 29.9 Å². The number of aromatic nitrogens is 3. The van der Waals surface area contributed by atoms with Gasteiger partial charge in [-0.25, -0.2) is 17.4 Å². The predicted molar refractivity (Wildman–Crippen MR) is 148 cm³/mol. The molecule has 0 spiro atoms. The van der Waals surface area contributed by atoms with Crippen molar-refractivity contribution in [3.05, 3.63) is 79.3 Å². The van der Waals surface area contributed by atoms with Gasteiger partial charge < -0.3 is 20.1 Å². The van der Waals surface area contributed by atoms with E-state index < -0.39 is 10.0 Å². The van der Waals surface area contributed by atoms with Crippen LogP contribution in [0.4, 0.5) is 17.2 Å². The van der Waals surface area contributed by atoms with Crippen LogP contribution in [0, 0.1) is 0 Å². The van der Waals surface area contributed by atoms with Gasteiger partial charge in [-0.3, -0.25) is 4.98 Å². The first-order valence-corrected chi connectivity index (χ1v) is 13.8. The molecule has 6 rings (SSSR count). The van der Waals surface area contributed by atoms with Crippen molar-refractivity contribution in [1.29, 1.82) is 0 Å². The minimum Gasteiger partial charge on any atom is -0.494 e. The van der Waals surface area contributed by atoms with E-state index in [9.17, 15) is 13.5 Å². The van der Waals surface area contributed by atoms with E-state index in [2.05, 4.69) is 20.2 Å². The molecule has 0 aliphatic carbocycles. The van der Waals surface area contributed by atoms with E-state index in [-0.39, 0.29) is 11.0 Å². The van der Waals surface area contributed by atoms with Crippen LogP contribution in [0.2, 0.25) is 0 Å². The third-order valence-electron chi connectivity index (χ3n) is 6.95. The predicted octanol–water partition coefficient (Wildman–Crippen LogP) is 4.53. The topological polar surface area (TPSA) is 110 Å². The highest BCUT2D eigenvalue weighted by atomic mass is 32.2. The minimum absolute atomic E-state index is 0.141. The maximum Gasteiger partial charge on any atom is 0.270 e. The standard InChI is InChI=1S/C28H27N5O4S/c1-37-25-16-21(32-13-10-22(34)11-14-32)7-8-23(25)31-27-17-24-20(18-30-27)9-15-33(24)38(35,36)26-6-2-4-19-5-3-12-29-28(19)26/h2-9,12,15-18,22,34H,10-11,13-14H2,1H3,(H,30,31). The van der Waals surface area contributed by atoms with Crippen LogP contribution in [0.3, 0.4) is 0 Å². The molecule has 0 saturated carbocycles. The summed E-state index contributed by atoms with van der Waals surface area (Å²) in [5, 5.41) is 14.5. The first-order chi connectivity index (χ1) is 18.4. The van der Waals surface area contributed by atoms with Crippen molar-refractivity contribution in [3.63, 3.8) is 0 Å². The van der Waals surface area contributed by atoms with Crippen molar-refractivity contribution in [2.75, 3.05) is 30.4 Å². The van der Waals surface area contributed by atoms with E-state index in [4.69, 9.17) is 4.74 Å². The van der Waals surface area contributed by atoms with Gasteiger partial charge in [0.25, 0.3) is 10.0 Å². The van der Waals surface area contributed by atoms with Crippen LogP contribution in [0.15, 0.2) is 84.1 Å². The zero-order valence-electron chi connectivity index (χ0n) is 20.8. The number of hydrogen-bond acceptors (Lipinski definition) is 8. The van der Waals surface area contributed by atoms with E-state index in [0.29, 0.717) is 33.7 Å². The Balaban J connectivity index is 1.34. The highest BCUT2D eigenvalue weighted by Crippen LogP contribution is 2.34. The third kappa shape index (κ3) is 4.31. The lowest BCUT2D eigenvalue weighted by atomic mass is 10.1. The SMILES string of the molecule is COc1cc(N2CCC(O)CC2)ccc1Nc1cc2c(ccn2S(=O)(=O)c2cccc3cccnc23)cn1. The first-order valence-electron chi connectivity index (χ1n) is 12.4. The summed E-state index contributed by atoms with van der Waals surface area (Å²) in [4.78, 5) is 11.2. The number of aliphatic hydroxyl groups is 1. The van der Waals surface area contributed by atoms with Gasteiger partial charge in [0.15, 0.2) is 0 Å². The maximum atomic E-state index is 13.7. The normalized spacial score (nSPS) is 14.7. The van der Waals surface area contributed by atoms with Crippen LogP contribution in [0.1, 0.15) is 12.8 Å². The molecule has 0 atom stereocenters. The monoisotopic (exact) mass is 529 g/mol. The zero-order chi connectivity index (χ0) is 26.3. The number of pyridine rings is 2. The van der Waals surface area contributed by atoms with Crippen LogP contribution < -0.4 is 15.0 Å². The van der Waals surface area contributed by atoms with E-state index in [1.54, 1.807) is 49.8 Å². The van der Waals surface area contributed by atoms with Crippen molar-refractivity contribution in [1.82, 2.24) is 13.9 Å². The number of para-hydroxylation sites is 1. The molecule has 4 heterocycles. The second kappa shape index (κ2) is 9.62. The fourth-order valence-corrected chi connectivity index (χ4v) is 6.43. The largest absolute Gasteiger partial charge is 0.494 e. The summed E-state index contributed by atoms with van der Waals surface area (Å²) in [5.74, 6) is 1.12. The molecule has 2 N–H and O–H groups in total. The fraction of sp³-hybridized carbons (Fsp3) is 0.214. The smallest absolute Gasteiger partial charge is 0.270 e. The van der Waals surface area contributed by atoms with Gasteiger partial charge >= 0.3 is 0 Å². The van der Waals surface area contributed by atoms with Gasteiger partial charge in [0.1, 0.15) is 16.5 Å². The van der Waals surface area contributed by atoms with Gasteiger partial charge in [0.2, 0.25) is 0 Å². The van der Waals surface area contributed by atoms with Gasteiger partial charge in [-0.15, -0.1) is 0 Å². The van der Waals surface area contributed by atoms with E-state index in [1.807, 2.05) is 30.3 Å². The molecule has 0 bridgehead atoms. The summed E-state index contributed by atoms with van der Waals surface area (Å²) in [6.07, 6.45) is 6.01. The molecule has 0 unspecified atom stereocenters. The molecule has 0 amide bonds. The molecule has 1 aliphatic heterocycles. The first kappa shape index (κ1) is 24.2. The Bertz CT molecular complexity index is 1740. The number of nitrogens with zero attached hydrogens (tertiary/aromatic N) is 4. The average molecular weight is 530 g/mol. The number of methoxy groups -OCH3 is 1. The highest BCUT2D eigenvalue weighted by Gasteiger charge is 2.23. The fourth-order valence-electron chi connectivity index (χ4n) is 4.91. The van der Waals surface area contributed by atoms with Crippen molar-refractivity contribution in [2.24, 2.45) is 0 Å². The quantitative estimate of drug-likeness (QED) is 0.330. The minimum atomic E-state index is -3.92. The molecule has 194 valence electrons. The lowest BCUT2D eigenvalue weighted by Crippen LogP contribution is -2.35. The van der Waals surface area contributed by atoms with Crippen LogP contribution >= 0.6 is 0 Å². The molecule has 2 aromatic carbocycles. The van der Waals surface area contributed by atoms with Gasteiger partial charge in [0, 0.05) is 60.3 Å². The number of hydrogen-bond donors (Lipinski definition) is 2. The maximum absolute atomic E-state index is 13.7. The van der Waals surface area contributed by atoms with Gasteiger partial charge in [-0.1, -0.05) is 18.2 Å². The van der Waals surface area contributed by atoms with E-state index in [0.717, 1.165) is 37.0 Å². The number of nitrogens with one attached hydrogen (secondary N) is 1. The Morgan fingerprint density at radius 2 is 1.82 bits per heavy atom. The number of fused-ring (bicyclic) bond motifs is 2. The molecule has 5 aromatic rings. The summed E-state index contributed by atoms with van der Waals surface area (Å²) in [5.41, 5.74) is 2.65. The van der Waals surface area contributed by atoms with Gasteiger partial charge in [-0.05, 0) is 43.2 Å². The zero-order valence-corrected chi connectivity index (χ0v) is 21.6. The molecule has 0 radical (unpaired) electrons. The van der Waals surface area contributed by atoms with E-state index >= 15 is 0 Å². The average Bonchev–Trinajstić information content (AvgIpc) is 3.38. The summed E-state index contributed by atoms with van der Waals surface area (Å²) in [6, 6.07) is 18.1. The number of rotatable bonds is 6. The molecule has 3 aromatic heterocycles. The Kier molecular flexibility index (Phi) is 6.13. The van der Waals surface area contributed by atoms with Crippen LogP contribution in [0.25, 0.3) is 21.8 Å². The molecule has 1 aliphatic rings. The third-order valence-corrected chi connectivity index (χ3v) is 8.67. The van der Waals surface area contributed by atoms with Crippen molar-refractivity contribution < 1.29 is 18.3 Å². The number of piperidine rings is 1. The lowest BCUT2D eigenvalue weighted by molar-refractivity contribution is 0.145. The van der Waals surface area contributed by atoms with Crippen LogP contribution in [-0.2, 0) is 10.0 Å². The second-order valence-corrected chi connectivity index (χ2v) is 11.1. The Morgan fingerprint density at radius 3 is 2.63 bits per heavy atom. The molecular formula is C28H27N5O4S.